The minimum absolute atomic E-state index is 0.403. The Kier molecular flexibility index (Phi) is 14.6. The van der Waals surface area contributed by atoms with Gasteiger partial charge in [0.2, 0.25) is 0 Å². The molecule has 1 aromatic carbocycles. The lowest BCUT2D eigenvalue weighted by atomic mass is 9.98. The quantitative estimate of drug-likeness (QED) is 0.391. The van der Waals surface area contributed by atoms with Gasteiger partial charge in [-0.05, 0) is 31.4 Å². The highest BCUT2D eigenvalue weighted by atomic mass is 16.4. The summed E-state index contributed by atoms with van der Waals surface area (Å²) < 4.78 is 0. The second kappa shape index (κ2) is 16.6. The number of unbranched alkanes of at least 4 members (excludes halogenated alkanes) is 8. The zero-order valence-corrected chi connectivity index (χ0v) is 17.7. The van der Waals surface area contributed by atoms with Crippen LogP contribution < -0.4 is 5.32 Å². The Hall–Kier alpha value is -1.39. The molecule has 1 saturated heterocycles. The van der Waals surface area contributed by atoms with Crippen molar-refractivity contribution in [1.82, 2.24) is 5.32 Å². The minimum atomic E-state index is -1.41. The first kappa shape index (κ1) is 24.6. The first-order valence-electron chi connectivity index (χ1n) is 11.3. The van der Waals surface area contributed by atoms with E-state index in [0.29, 0.717) is 5.56 Å². The topological polar surface area (TPSA) is 69.6 Å². The van der Waals surface area contributed by atoms with Gasteiger partial charge in [0.1, 0.15) is 0 Å². The molecule has 0 amide bonds. The number of nitrogens with one attached hydrogen (secondary N) is 1. The Labute approximate surface area is 171 Å². The molecule has 160 valence electrons. The smallest absolute Gasteiger partial charge is 0.337 e. The Morgan fingerprint density at radius 1 is 1.00 bits per heavy atom. The van der Waals surface area contributed by atoms with Crippen molar-refractivity contribution >= 4 is 5.97 Å². The second-order valence-electron chi connectivity index (χ2n) is 7.92. The van der Waals surface area contributed by atoms with Crippen LogP contribution >= 0.6 is 0 Å². The highest BCUT2D eigenvalue weighted by Gasteiger charge is 2.14. The third-order valence-electron chi connectivity index (χ3n) is 5.42. The maximum Gasteiger partial charge on any atom is 0.337 e. The fourth-order valence-electron chi connectivity index (χ4n) is 3.65. The molecule has 1 aliphatic rings. The number of hydrogen-bond acceptors (Lipinski definition) is 3. The van der Waals surface area contributed by atoms with Gasteiger partial charge < -0.3 is 15.5 Å². The van der Waals surface area contributed by atoms with Crippen molar-refractivity contribution in [3.8, 4) is 0 Å². The predicted octanol–water partition coefficient (Wildman–Crippen LogP) is 5.85. The van der Waals surface area contributed by atoms with Crippen molar-refractivity contribution in [2.75, 3.05) is 6.54 Å². The van der Waals surface area contributed by atoms with Crippen molar-refractivity contribution in [3.63, 3.8) is 0 Å². The molecular weight excluding hydrogens is 350 g/mol. The highest BCUT2D eigenvalue weighted by Crippen LogP contribution is 2.15. The van der Waals surface area contributed by atoms with E-state index < -0.39 is 12.1 Å². The lowest BCUT2D eigenvalue weighted by molar-refractivity contribution is -0.146. The molecule has 28 heavy (non-hydrogen) atoms. The summed E-state index contributed by atoms with van der Waals surface area (Å²) in [5, 5.41) is 21.0. The van der Waals surface area contributed by atoms with Gasteiger partial charge in [-0.1, -0.05) is 101 Å². The van der Waals surface area contributed by atoms with E-state index in [4.69, 9.17) is 10.2 Å². The first-order chi connectivity index (χ1) is 13.6. The van der Waals surface area contributed by atoms with E-state index in [-0.39, 0.29) is 0 Å². The van der Waals surface area contributed by atoms with Gasteiger partial charge in [0, 0.05) is 6.04 Å². The Bertz CT molecular complexity index is 486. The molecule has 2 rings (SSSR count). The van der Waals surface area contributed by atoms with Crippen LogP contribution in [-0.2, 0) is 4.79 Å². The highest BCUT2D eigenvalue weighted by molar-refractivity contribution is 5.73. The number of rotatable bonds is 12. The molecule has 4 heteroatoms. The van der Waals surface area contributed by atoms with Crippen LogP contribution in [0.25, 0.3) is 0 Å². The Balaban J connectivity index is 0.000000307. The van der Waals surface area contributed by atoms with Gasteiger partial charge in [-0.15, -0.1) is 0 Å². The van der Waals surface area contributed by atoms with Crippen LogP contribution in [0.4, 0.5) is 0 Å². The van der Waals surface area contributed by atoms with Crippen LogP contribution in [0.5, 0.6) is 0 Å². The van der Waals surface area contributed by atoms with Crippen molar-refractivity contribution in [2.24, 2.45) is 0 Å². The van der Waals surface area contributed by atoms with E-state index >= 15 is 0 Å². The SMILES string of the molecule is CCCCCCCCCCC[C@H]1CCCCN1.O=C(O)[C@H](O)c1ccccc1. The molecule has 0 saturated carbocycles. The van der Waals surface area contributed by atoms with Crippen LogP contribution in [0, 0.1) is 0 Å². The van der Waals surface area contributed by atoms with E-state index in [0.717, 1.165) is 6.04 Å². The van der Waals surface area contributed by atoms with Gasteiger partial charge in [0.15, 0.2) is 6.10 Å². The zero-order valence-electron chi connectivity index (χ0n) is 17.7. The van der Waals surface area contributed by atoms with Gasteiger partial charge in [0.25, 0.3) is 0 Å². The van der Waals surface area contributed by atoms with Crippen molar-refractivity contribution in [2.45, 2.75) is 103 Å². The van der Waals surface area contributed by atoms with Crippen LogP contribution in [0.15, 0.2) is 30.3 Å². The monoisotopic (exact) mass is 391 g/mol. The Morgan fingerprint density at radius 3 is 2.14 bits per heavy atom. The summed E-state index contributed by atoms with van der Waals surface area (Å²) in [7, 11) is 0. The van der Waals surface area contributed by atoms with Crippen molar-refractivity contribution in [3.05, 3.63) is 35.9 Å². The summed E-state index contributed by atoms with van der Waals surface area (Å²) in [6, 6.07) is 9.12. The number of carbonyl (C=O) groups is 1. The number of aliphatic carboxylic acids is 1. The largest absolute Gasteiger partial charge is 0.479 e. The first-order valence-corrected chi connectivity index (χ1v) is 11.3. The maximum absolute atomic E-state index is 10.2. The summed E-state index contributed by atoms with van der Waals surface area (Å²) in [6.07, 6.45) is 17.4. The molecule has 3 N–H and O–H groups in total. The second-order valence-corrected chi connectivity index (χ2v) is 7.92. The number of aliphatic hydroxyl groups is 1. The van der Waals surface area contributed by atoms with Crippen molar-refractivity contribution < 1.29 is 15.0 Å². The van der Waals surface area contributed by atoms with E-state index in [1.165, 1.54) is 90.0 Å². The average molecular weight is 392 g/mol. The van der Waals surface area contributed by atoms with Crippen LogP contribution in [-0.4, -0.2) is 28.8 Å². The summed E-state index contributed by atoms with van der Waals surface area (Å²) in [5.41, 5.74) is 0.403. The molecular formula is C24H41NO3. The number of benzene rings is 1. The molecule has 0 aliphatic carbocycles. The lowest BCUT2D eigenvalue weighted by Crippen LogP contribution is -2.33. The fraction of sp³-hybridized carbons (Fsp3) is 0.708. The van der Waals surface area contributed by atoms with Gasteiger partial charge in [0.05, 0.1) is 0 Å². The molecule has 0 unspecified atom stereocenters. The normalized spacial score (nSPS) is 17.4. The van der Waals surface area contributed by atoms with Crippen LogP contribution in [0.1, 0.15) is 102 Å². The van der Waals surface area contributed by atoms with Gasteiger partial charge in [-0.3, -0.25) is 0 Å². The van der Waals surface area contributed by atoms with E-state index in [1.54, 1.807) is 30.3 Å². The molecule has 1 aromatic rings. The number of piperidine rings is 1. The van der Waals surface area contributed by atoms with Crippen LogP contribution in [0.3, 0.4) is 0 Å². The molecule has 0 radical (unpaired) electrons. The van der Waals surface area contributed by atoms with E-state index in [9.17, 15) is 4.79 Å². The molecule has 4 nitrogen and oxygen atoms in total. The minimum Gasteiger partial charge on any atom is -0.479 e. The van der Waals surface area contributed by atoms with Crippen molar-refractivity contribution in [1.29, 1.82) is 0 Å². The predicted molar refractivity (Wildman–Crippen MR) is 117 cm³/mol. The number of carboxylic acids is 1. The number of hydrogen-bond donors (Lipinski definition) is 3. The van der Waals surface area contributed by atoms with E-state index in [2.05, 4.69) is 12.2 Å². The summed E-state index contributed by atoms with van der Waals surface area (Å²) in [4.78, 5) is 10.2. The average Bonchev–Trinajstić information content (AvgIpc) is 2.74. The molecule has 0 spiro atoms. The summed E-state index contributed by atoms with van der Waals surface area (Å²) in [5.74, 6) is -1.23. The summed E-state index contributed by atoms with van der Waals surface area (Å²) in [6.45, 7) is 3.56. The molecule has 2 atom stereocenters. The molecule has 0 bridgehead atoms. The standard InChI is InChI=1S/C16H33N.C8H8O3/c1-2-3-4-5-6-7-8-9-10-13-16-14-11-12-15-17-16;9-7(8(10)11)6-4-2-1-3-5-6/h16-17H,2-15H2,1H3;1-5,7,9H,(H,10,11)/t16-;7-/m01/s1. The lowest BCUT2D eigenvalue weighted by Gasteiger charge is -2.23. The number of carboxylic acid groups (broad SMARTS) is 1. The van der Waals surface area contributed by atoms with Gasteiger partial charge in [-0.2, -0.15) is 0 Å². The third-order valence-corrected chi connectivity index (χ3v) is 5.42. The summed E-state index contributed by atoms with van der Waals surface area (Å²) >= 11 is 0. The fourth-order valence-corrected chi connectivity index (χ4v) is 3.65. The number of aliphatic hydroxyl groups excluding tert-OH is 1. The van der Waals surface area contributed by atoms with E-state index in [1.807, 2.05) is 0 Å². The molecule has 1 fully saturated rings. The zero-order chi connectivity index (χ0) is 20.5. The third kappa shape index (κ3) is 12.1. The van der Waals surface area contributed by atoms with Gasteiger partial charge >= 0.3 is 5.97 Å². The molecule has 1 heterocycles. The molecule has 1 aliphatic heterocycles. The molecule has 0 aromatic heterocycles. The Morgan fingerprint density at radius 2 is 1.61 bits per heavy atom. The van der Waals surface area contributed by atoms with Gasteiger partial charge in [-0.25, -0.2) is 4.79 Å². The maximum atomic E-state index is 10.2. The van der Waals surface area contributed by atoms with Crippen LogP contribution in [0.2, 0.25) is 0 Å².